The van der Waals surface area contributed by atoms with Crippen LogP contribution in [0.15, 0.2) is 18.0 Å². The smallest absolute Gasteiger partial charge is 0.159 e. The van der Waals surface area contributed by atoms with Crippen molar-refractivity contribution in [1.29, 1.82) is 0 Å². The minimum Gasteiger partial charge on any atom is -0.345 e. The van der Waals surface area contributed by atoms with Gasteiger partial charge in [0.1, 0.15) is 11.6 Å². The van der Waals surface area contributed by atoms with Gasteiger partial charge in [0.15, 0.2) is 5.78 Å². The first-order valence-corrected chi connectivity index (χ1v) is 5.74. The molecule has 0 fully saturated rings. The van der Waals surface area contributed by atoms with Crippen molar-refractivity contribution in [2.24, 2.45) is 5.92 Å². The lowest BCUT2D eigenvalue weighted by Crippen LogP contribution is -2.10. The molecule has 0 atom stereocenters. The summed E-state index contributed by atoms with van der Waals surface area (Å²) in [5, 5.41) is 0. The Bertz CT molecular complexity index is 417. The van der Waals surface area contributed by atoms with E-state index in [0.717, 1.165) is 0 Å². The Morgan fingerprint density at radius 2 is 2.12 bits per heavy atom. The molecule has 0 amide bonds. The number of hydrogen-bond donors (Lipinski definition) is 1. The van der Waals surface area contributed by atoms with Crippen molar-refractivity contribution in [3.63, 3.8) is 0 Å². The summed E-state index contributed by atoms with van der Waals surface area (Å²) in [6, 6.07) is 0. The Hall–Kier alpha value is -1.71. The molecule has 0 saturated carbocycles. The SMILES string of the molecule is C/C(=C\c1ncc[nH]1)C(=O)CCC(=O)C(C)C. The summed E-state index contributed by atoms with van der Waals surface area (Å²) in [7, 11) is 0. The molecule has 0 aromatic carbocycles. The molecule has 92 valence electrons. The van der Waals surface area contributed by atoms with E-state index in [-0.39, 0.29) is 23.9 Å². The summed E-state index contributed by atoms with van der Waals surface area (Å²) >= 11 is 0. The van der Waals surface area contributed by atoms with Crippen LogP contribution in [0.1, 0.15) is 39.4 Å². The van der Waals surface area contributed by atoms with E-state index in [4.69, 9.17) is 0 Å². The van der Waals surface area contributed by atoms with Crippen LogP contribution in [0, 0.1) is 5.92 Å². The van der Waals surface area contributed by atoms with Crippen LogP contribution in [-0.4, -0.2) is 21.5 Å². The summed E-state index contributed by atoms with van der Waals surface area (Å²) in [5.41, 5.74) is 0.622. The van der Waals surface area contributed by atoms with Crippen LogP contribution < -0.4 is 0 Å². The molecular formula is C13H18N2O2. The Labute approximate surface area is 101 Å². The number of carbonyl (C=O) groups excluding carboxylic acids is 2. The first-order chi connectivity index (χ1) is 8.00. The predicted octanol–water partition coefficient (Wildman–Crippen LogP) is 2.39. The zero-order valence-electron chi connectivity index (χ0n) is 10.5. The third-order valence-electron chi connectivity index (χ3n) is 2.55. The largest absolute Gasteiger partial charge is 0.345 e. The van der Waals surface area contributed by atoms with Crippen LogP contribution in [0.5, 0.6) is 0 Å². The van der Waals surface area contributed by atoms with E-state index in [9.17, 15) is 9.59 Å². The van der Waals surface area contributed by atoms with Gasteiger partial charge in [-0.3, -0.25) is 9.59 Å². The lowest BCUT2D eigenvalue weighted by atomic mass is 10.0. The van der Waals surface area contributed by atoms with Crippen LogP contribution in [0.25, 0.3) is 6.08 Å². The number of hydrogen-bond acceptors (Lipinski definition) is 3. The molecule has 17 heavy (non-hydrogen) atoms. The van der Waals surface area contributed by atoms with Crippen LogP contribution >= 0.6 is 0 Å². The fourth-order valence-electron chi connectivity index (χ4n) is 1.36. The second-order valence-electron chi connectivity index (χ2n) is 4.35. The van der Waals surface area contributed by atoms with Crippen molar-refractivity contribution >= 4 is 17.6 Å². The third kappa shape index (κ3) is 4.34. The summed E-state index contributed by atoms with van der Waals surface area (Å²) in [5.74, 6) is 0.780. The van der Waals surface area contributed by atoms with Crippen molar-refractivity contribution < 1.29 is 9.59 Å². The van der Waals surface area contributed by atoms with Gasteiger partial charge >= 0.3 is 0 Å². The molecule has 0 saturated heterocycles. The molecule has 0 aliphatic rings. The molecule has 4 heteroatoms. The Balaban J connectivity index is 2.51. The van der Waals surface area contributed by atoms with Crippen molar-refractivity contribution in [1.82, 2.24) is 9.97 Å². The fraction of sp³-hybridized carbons (Fsp3) is 0.462. The maximum Gasteiger partial charge on any atom is 0.159 e. The van der Waals surface area contributed by atoms with Crippen molar-refractivity contribution in [3.8, 4) is 0 Å². The highest BCUT2D eigenvalue weighted by Gasteiger charge is 2.11. The van der Waals surface area contributed by atoms with Gasteiger partial charge in [0, 0.05) is 31.2 Å². The zero-order valence-corrected chi connectivity index (χ0v) is 10.5. The lowest BCUT2D eigenvalue weighted by Gasteiger charge is -2.03. The van der Waals surface area contributed by atoms with E-state index in [1.54, 1.807) is 25.4 Å². The number of allylic oxidation sites excluding steroid dienone is 1. The molecule has 1 rings (SSSR count). The van der Waals surface area contributed by atoms with E-state index in [0.29, 0.717) is 17.8 Å². The van der Waals surface area contributed by atoms with E-state index in [1.807, 2.05) is 13.8 Å². The van der Waals surface area contributed by atoms with Gasteiger partial charge in [-0.05, 0) is 18.6 Å². The van der Waals surface area contributed by atoms with Crippen molar-refractivity contribution in [2.45, 2.75) is 33.6 Å². The standard InChI is InChI=1S/C13H18N2O2/c1-9(2)11(16)4-5-12(17)10(3)8-13-14-6-7-15-13/h6-9H,4-5H2,1-3H3,(H,14,15)/b10-8+. The van der Waals surface area contributed by atoms with E-state index in [2.05, 4.69) is 9.97 Å². The normalized spacial score (nSPS) is 11.9. The maximum atomic E-state index is 11.7. The molecule has 0 bridgehead atoms. The van der Waals surface area contributed by atoms with Crippen LogP contribution in [0.4, 0.5) is 0 Å². The molecule has 0 unspecified atom stereocenters. The highest BCUT2D eigenvalue weighted by Crippen LogP contribution is 2.08. The van der Waals surface area contributed by atoms with Crippen LogP contribution in [-0.2, 0) is 9.59 Å². The molecule has 1 heterocycles. The van der Waals surface area contributed by atoms with E-state index < -0.39 is 0 Å². The number of carbonyl (C=O) groups is 2. The van der Waals surface area contributed by atoms with Gasteiger partial charge < -0.3 is 4.98 Å². The first kappa shape index (κ1) is 13.4. The molecule has 1 aromatic heterocycles. The summed E-state index contributed by atoms with van der Waals surface area (Å²) < 4.78 is 0. The number of imidazole rings is 1. The number of nitrogens with one attached hydrogen (secondary N) is 1. The number of rotatable bonds is 6. The van der Waals surface area contributed by atoms with Crippen molar-refractivity contribution in [3.05, 3.63) is 23.8 Å². The number of H-pyrrole nitrogens is 1. The van der Waals surface area contributed by atoms with Gasteiger partial charge in [0.25, 0.3) is 0 Å². The molecule has 0 spiro atoms. The van der Waals surface area contributed by atoms with Crippen molar-refractivity contribution in [2.75, 3.05) is 0 Å². The van der Waals surface area contributed by atoms with Gasteiger partial charge in [-0.1, -0.05) is 13.8 Å². The molecule has 0 aliphatic carbocycles. The summed E-state index contributed by atoms with van der Waals surface area (Å²) in [6.45, 7) is 5.43. The molecule has 4 nitrogen and oxygen atoms in total. The molecule has 1 N–H and O–H groups in total. The predicted molar refractivity (Wildman–Crippen MR) is 66.3 cm³/mol. The molecule has 0 radical (unpaired) electrons. The summed E-state index contributed by atoms with van der Waals surface area (Å²) in [4.78, 5) is 30.0. The van der Waals surface area contributed by atoms with Gasteiger partial charge in [0.2, 0.25) is 0 Å². The average Bonchev–Trinajstić information content (AvgIpc) is 2.77. The fourth-order valence-corrected chi connectivity index (χ4v) is 1.36. The van der Waals surface area contributed by atoms with Gasteiger partial charge in [-0.25, -0.2) is 4.98 Å². The number of Topliss-reactive ketones (excluding diaryl/α,β-unsaturated/α-hetero) is 2. The highest BCUT2D eigenvalue weighted by molar-refractivity contribution is 6.00. The second-order valence-corrected chi connectivity index (χ2v) is 4.35. The first-order valence-electron chi connectivity index (χ1n) is 5.74. The minimum atomic E-state index is -0.00426. The highest BCUT2D eigenvalue weighted by atomic mass is 16.1. The van der Waals surface area contributed by atoms with Crippen LogP contribution in [0.2, 0.25) is 0 Å². The molecular weight excluding hydrogens is 216 g/mol. The average molecular weight is 234 g/mol. The van der Waals surface area contributed by atoms with Crippen LogP contribution in [0.3, 0.4) is 0 Å². The summed E-state index contributed by atoms with van der Waals surface area (Å²) in [6.07, 6.45) is 5.62. The second kappa shape index (κ2) is 6.13. The monoisotopic (exact) mass is 234 g/mol. The topological polar surface area (TPSA) is 62.8 Å². The molecule has 1 aromatic rings. The van der Waals surface area contributed by atoms with Gasteiger partial charge in [-0.15, -0.1) is 0 Å². The lowest BCUT2D eigenvalue weighted by molar-refractivity contribution is -0.124. The van der Waals surface area contributed by atoms with E-state index in [1.165, 1.54) is 0 Å². The number of aromatic nitrogens is 2. The van der Waals surface area contributed by atoms with E-state index >= 15 is 0 Å². The Morgan fingerprint density at radius 1 is 1.41 bits per heavy atom. The third-order valence-corrected chi connectivity index (χ3v) is 2.55. The Morgan fingerprint density at radius 3 is 2.65 bits per heavy atom. The Kier molecular flexibility index (Phi) is 4.82. The maximum absolute atomic E-state index is 11.7. The van der Waals surface area contributed by atoms with Gasteiger partial charge in [-0.2, -0.15) is 0 Å². The quantitative estimate of drug-likeness (QED) is 0.769. The number of aromatic amines is 1. The number of nitrogens with zero attached hydrogens (tertiary/aromatic N) is 1. The zero-order chi connectivity index (χ0) is 12.8. The number of ketones is 2. The minimum absolute atomic E-state index is 0.00263. The van der Waals surface area contributed by atoms with Gasteiger partial charge in [0.05, 0.1) is 0 Å². The molecule has 0 aliphatic heterocycles.